The van der Waals surface area contributed by atoms with Crippen LogP contribution in [0.4, 0.5) is 5.82 Å². The van der Waals surface area contributed by atoms with Crippen LogP contribution < -0.4 is 4.90 Å². The Kier molecular flexibility index (Phi) is 12.6. The summed E-state index contributed by atoms with van der Waals surface area (Å²) in [7, 11) is 1.99. The maximum atomic E-state index is 14.8. The quantitative estimate of drug-likeness (QED) is 0.101. The van der Waals surface area contributed by atoms with Gasteiger partial charge in [-0.15, -0.1) is 6.58 Å². The molecule has 9 rings (SSSR count). The topological polar surface area (TPSA) is 132 Å². The number of fused-ring (bicyclic) bond motifs is 2. The molecule has 0 bridgehead atoms. The molecule has 2 aromatic heterocycles. The number of benzene rings is 4. The summed E-state index contributed by atoms with van der Waals surface area (Å²) in [6, 6.07) is 33.3. The number of aromatic hydroxyl groups is 1. The maximum absolute atomic E-state index is 14.8. The van der Waals surface area contributed by atoms with E-state index in [-0.39, 0.29) is 74.7 Å². The molecule has 2 atom stereocenters. The lowest BCUT2D eigenvalue weighted by Crippen LogP contribution is -2.75. The van der Waals surface area contributed by atoms with Gasteiger partial charge in [-0.3, -0.25) is 19.2 Å². The monoisotopic (exact) mass is 871 g/mol. The molecule has 3 saturated heterocycles. The third kappa shape index (κ3) is 9.15. The van der Waals surface area contributed by atoms with Crippen LogP contribution in [0.1, 0.15) is 39.0 Å². The number of carbonyl (C=O) groups is 4. The summed E-state index contributed by atoms with van der Waals surface area (Å²) in [5.74, 6) is 0.402. The number of amides is 3. The number of morpholine rings is 1. The van der Waals surface area contributed by atoms with E-state index in [0.29, 0.717) is 25.2 Å². The van der Waals surface area contributed by atoms with E-state index in [1.54, 1.807) is 56.4 Å². The van der Waals surface area contributed by atoms with Crippen molar-refractivity contribution in [2.24, 2.45) is 7.05 Å². The Bertz CT molecular complexity index is 2700. The minimum atomic E-state index is -0.892. The first kappa shape index (κ1) is 43.2. The average molecular weight is 872 g/mol. The Morgan fingerprint density at radius 2 is 1.63 bits per heavy atom. The first-order valence-corrected chi connectivity index (χ1v) is 22.2. The number of para-hydroxylation sites is 1. The number of anilines is 1. The fourth-order valence-corrected chi connectivity index (χ4v) is 9.51. The second kappa shape index (κ2) is 18.9. The van der Waals surface area contributed by atoms with Crippen molar-refractivity contribution in [1.82, 2.24) is 29.4 Å². The molecule has 3 aliphatic heterocycles. The van der Waals surface area contributed by atoms with Gasteiger partial charge in [0.15, 0.2) is 5.78 Å². The van der Waals surface area contributed by atoms with Crippen molar-refractivity contribution in [3.8, 4) is 16.9 Å². The standard InChI is InChI=1S/C52H53N7O6/c1-3-24-57-35-50(63)58-45(29-37-12-20-42(60)21-13-37)52(64)56(34-48(58)59(57)49(62)23-15-36-8-5-4-6-9-36)32-41-10-7-11-43-44(33-54(2)51(41)43)39-16-18-40(19-17-39)46(61)30-38-14-22-47(53-31-38)55-25-27-65-28-26-55/h3-14,16-22,31,33,45,48,60H,1,15,23-30,32,34-35H2,2H3/t45-,48-/m0/s1. The van der Waals surface area contributed by atoms with Gasteiger partial charge in [0.2, 0.25) is 17.7 Å². The van der Waals surface area contributed by atoms with Gasteiger partial charge < -0.3 is 29.1 Å². The second-order valence-electron chi connectivity index (χ2n) is 17.0. The molecule has 3 fully saturated rings. The van der Waals surface area contributed by atoms with Crippen molar-refractivity contribution >= 4 is 40.2 Å². The zero-order valence-corrected chi connectivity index (χ0v) is 36.6. The first-order chi connectivity index (χ1) is 31.6. The number of rotatable bonds is 14. The molecule has 6 aromatic rings. The molecule has 4 aromatic carbocycles. The van der Waals surface area contributed by atoms with Gasteiger partial charge in [0, 0.05) is 81.4 Å². The molecule has 0 spiro atoms. The van der Waals surface area contributed by atoms with E-state index in [2.05, 4.69) is 33.3 Å². The molecule has 13 nitrogen and oxygen atoms in total. The van der Waals surface area contributed by atoms with E-state index in [0.717, 1.165) is 63.2 Å². The lowest BCUT2D eigenvalue weighted by Gasteiger charge is -2.55. The van der Waals surface area contributed by atoms with E-state index in [9.17, 15) is 24.3 Å². The van der Waals surface area contributed by atoms with Crippen LogP contribution >= 0.6 is 0 Å². The molecule has 0 unspecified atom stereocenters. The molecule has 3 aliphatic rings. The number of nitrogens with zero attached hydrogens (tertiary/aromatic N) is 7. The Morgan fingerprint density at radius 1 is 0.877 bits per heavy atom. The smallest absolute Gasteiger partial charge is 0.246 e. The lowest BCUT2D eigenvalue weighted by atomic mass is 9.97. The van der Waals surface area contributed by atoms with Gasteiger partial charge in [-0.25, -0.2) is 15.0 Å². The van der Waals surface area contributed by atoms with Crippen LogP contribution in [0.5, 0.6) is 5.75 Å². The van der Waals surface area contributed by atoms with Crippen LogP contribution in [-0.2, 0) is 52.0 Å². The number of phenols is 1. The highest BCUT2D eigenvalue weighted by Gasteiger charge is 2.51. The molecule has 332 valence electrons. The number of ketones is 1. The van der Waals surface area contributed by atoms with Gasteiger partial charge in [0.1, 0.15) is 23.8 Å². The first-order valence-electron chi connectivity index (χ1n) is 22.2. The van der Waals surface area contributed by atoms with Crippen LogP contribution in [0.15, 0.2) is 134 Å². The van der Waals surface area contributed by atoms with Crippen molar-refractivity contribution in [3.05, 3.63) is 162 Å². The molecule has 1 N–H and O–H groups in total. The highest BCUT2D eigenvalue weighted by Crippen LogP contribution is 2.35. The van der Waals surface area contributed by atoms with Gasteiger partial charge in [-0.2, -0.15) is 0 Å². The molecule has 0 saturated carbocycles. The normalized spacial score (nSPS) is 18.0. The summed E-state index contributed by atoms with van der Waals surface area (Å²) >= 11 is 0. The summed E-state index contributed by atoms with van der Waals surface area (Å²) in [6.07, 6.45) is 5.98. The number of hydrazine groups is 1. The van der Waals surface area contributed by atoms with Crippen LogP contribution in [0.25, 0.3) is 22.0 Å². The summed E-state index contributed by atoms with van der Waals surface area (Å²) in [4.78, 5) is 67.0. The van der Waals surface area contributed by atoms with Crippen LogP contribution in [0, 0.1) is 0 Å². The van der Waals surface area contributed by atoms with Crippen molar-refractivity contribution in [2.75, 3.05) is 50.8 Å². The lowest BCUT2D eigenvalue weighted by molar-refractivity contribution is -0.205. The number of phenolic OH excluding ortho intramolecular Hbond substituents is 1. The van der Waals surface area contributed by atoms with Crippen molar-refractivity contribution in [2.45, 2.75) is 44.4 Å². The third-order valence-corrected chi connectivity index (χ3v) is 12.7. The number of aryl methyl sites for hydroxylation is 2. The molecule has 0 aliphatic carbocycles. The van der Waals surface area contributed by atoms with Crippen LogP contribution in [0.3, 0.4) is 0 Å². The van der Waals surface area contributed by atoms with Gasteiger partial charge in [-0.1, -0.05) is 97.1 Å². The molecule has 65 heavy (non-hydrogen) atoms. The Balaban J connectivity index is 0.980. The van der Waals surface area contributed by atoms with E-state index in [4.69, 9.17) is 4.74 Å². The van der Waals surface area contributed by atoms with Crippen molar-refractivity contribution in [1.29, 1.82) is 0 Å². The number of carbonyl (C=O) groups excluding carboxylic acids is 4. The van der Waals surface area contributed by atoms with Gasteiger partial charge in [0.05, 0.1) is 31.8 Å². The number of pyridine rings is 1. The SMILES string of the molecule is C=CCN1CC(=O)N2[C@@H](Cc3ccc(O)cc3)C(=O)N(Cc3cccc4c(-c5ccc(C(=O)Cc6ccc(N7CCOCC7)nc6)cc5)cn(C)c34)C[C@@H]2N1C(=O)CCc1ccccc1. The van der Waals surface area contributed by atoms with E-state index < -0.39 is 12.2 Å². The number of piperazine rings is 1. The number of hydrogen-bond acceptors (Lipinski definition) is 9. The van der Waals surface area contributed by atoms with Gasteiger partial charge in [-0.05, 0) is 52.4 Å². The molecule has 5 heterocycles. The largest absolute Gasteiger partial charge is 0.508 e. The number of aromatic nitrogens is 2. The van der Waals surface area contributed by atoms with Crippen LogP contribution in [-0.4, -0.2) is 116 Å². The summed E-state index contributed by atoms with van der Waals surface area (Å²) < 4.78 is 7.52. The highest BCUT2D eigenvalue weighted by atomic mass is 16.5. The van der Waals surface area contributed by atoms with Crippen molar-refractivity contribution < 1.29 is 29.0 Å². The van der Waals surface area contributed by atoms with E-state index >= 15 is 0 Å². The minimum Gasteiger partial charge on any atom is -0.508 e. The predicted octanol–water partition coefficient (Wildman–Crippen LogP) is 6.19. The summed E-state index contributed by atoms with van der Waals surface area (Å²) in [6.45, 7) is 7.44. The minimum absolute atomic E-state index is 0.00916. The fourth-order valence-electron chi connectivity index (χ4n) is 9.51. The predicted molar refractivity (Wildman–Crippen MR) is 249 cm³/mol. The van der Waals surface area contributed by atoms with Crippen LogP contribution in [0.2, 0.25) is 0 Å². The van der Waals surface area contributed by atoms with E-state index in [1.165, 1.54) is 0 Å². The van der Waals surface area contributed by atoms with Crippen molar-refractivity contribution in [3.63, 3.8) is 0 Å². The summed E-state index contributed by atoms with van der Waals surface area (Å²) in [5, 5.41) is 14.5. The molecule has 0 radical (unpaired) electrons. The zero-order valence-electron chi connectivity index (χ0n) is 36.6. The van der Waals surface area contributed by atoms with Gasteiger partial charge >= 0.3 is 0 Å². The Labute approximate surface area is 378 Å². The zero-order chi connectivity index (χ0) is 45.0. The van der Waals surface area contributed by atoms with E-state index in [1.807, 2.05) is 85.9 Å². The Morgan fingerprint density at radius 3 is 2.35 bits per heavy atom. The molecule has 13 heteroatoms. The average Bonchev–Trinajstić information content (AvgIpc) is 3.67. The molecular weight excluding hydrogens is 819 g/mol. The number of ether oxygens (including phenoxy) is 1. The highest BCUT2D eigenvalue weighted by molar-refractivity contribution is 6.00. The number of Topliss-reactive ketones (excluding diaryl/α,β-unsaturated/α-hetero) is 1. The third-order valence-electron chi connectivity index (χ3n) is 12.7. The number of hydrogen-bond donors (Lipinski definition) is 1. The van der Waals surface area contributed by atoms with Gasteiger partial charge in [0.25, 0.3) is 0 Å². The molecular formula is C52H53N7O6. The maximum Gasteiger partial charge on any atom is 0.246 e. The Hall–Kier alpha value is -7.09. The second-order valence-corrected chi connectivity index (χ2v) is 17.0. The summed E-state index contributed by atoms with van der Waals surface area (Å²) in [5.41, 5.74) is 7.08. The fraction of sp³-hybridized carbons (Fsp3) is 0.288. The molecule has 3 amide bonds.